The van der Waals surface area contributed by atoms with Crippen molar-refractivity contribution in [3.05, 3.63) is 29.1 Å². The highest BCUT2D eigenvalue weighted by atomic mass is 32.2. The minimum absolute atomic E-state index is 0.0858. The maximum Gasteiger partial charge on any atom is 0.164 e. The molecule has 5 unspecified atom stereocenters. The standard InChI is InChI=1S/C26H32N4O3S2/c1-7-15-12(2)18(24-28-19-13(3)27-9-8-17(19)35-24)22(30-23(15)34-6)29-20-16-10-14(11-31)21-26(16,20)33-25(4,5)32-21/h8-9,14,16,20-21,31H,7,10-11H2,1-6H3,(H,29,30). The van der Waals surface area contributed by atoms with Gasteiger partial charge in [0.2, 0.25) is 0 Å². The maximum absolute atomic E-state index is 9.96. The van der Waals surface area contributed by atoms with E-state index < -0.39 is 11.4 Å². The summed E-state index contributed by atoms with van der Waals surface area (Å²) >= 11 is 3.37. The summed E-state index contributed by atoms with van der Waals surface area (Å²) in [6.45, 7) is 10.4. The molecule has 1 saturated heterocycles. The Kier molecular flexibility index (Phi) is 5.47. The van der Waals surface area contributed by atoms with Gasteiger partial charge in [0.1, 0.15) is 27.0 Å². The Morgan fingerprint density at radius 3 is 2.77 bits per heavy atom. The molecule has 0 bridgehead atoms. The number of thiazole rings is 1. The molecule has 1 spiro atoms. The van der Waals surface area contributed by atoms with E-state index >= 15 is 0 Å². The molecule has 3 aliphatic rings. The molecule has 2 N–H and O–H groups in total. The molecule has 186 valence electrons. The van der Waals surface area contributed by atoms with Gasteiger partial charge < -0.3 is 19.9 Å². The quantitative estimate of drug-likeness (QED) is 0.448. The van der Waals surface area contributed by atoms with Crippen LogP contribution in [0.1, 0.15) is 44.0 Å². The van der Waals surface area contributed by atoms with Crippen LogP contribution in [0.3, 0.4) is 0 Å². The number of hydrogen-bond acceptors (Lipinski definition) is 9. The third-order valence-electron chi connectivity index (χ3n) is 7.94. The molecule has 1 aliphatic heterocycles. The van der Waals surface area contributed by atoms with Gasteiger partial charge in [-0.25, -0.2) is 9.97 Å². The third kappa shape index (κ3) is 3.39. The van der Waals surface area contributed by atoms with E-state index in [2.05, 4.69) is 30.4 Å². The van der Waals surface area contributed by atoms with Crippen molar-refractivity contribution < 1.29 is 14.6 Å². The summed E-state index contributed by atoms with van der Waals surface area (Å²) in [7, 11) is 0. The highest BCUT2D eigenvalue weighted by Gasteiger charge is 2.81. The van der Waals surface area contributed by atoms with Crippen LogP contribution in [0, 0.1) is 25.7 Å². The number of rotatable bonds is 6. The SMILES string of the molecule is CCc1c(SC)nc(NC2C3CC(CO)C4OC(C)(C)OC324)c(-c2nc3c(C)nccc3s2)c1C. The van der Waals surface area contributed by atoms with Crippen molar-refractivity contribution in [2.75, 3.05) is 18.2 Å². The van der Waals surface area contributed by atoms with Gasteiger partial charge in [-0.2, -0.15) is 0 Å². The Morgan fingerprint density at radius 1 is 1.29 bits per heavy atom. The van der Waals surface area contributed by atoms with E-state index in [0.717, 1.165) is 50.2 Å². The molecule has 3 aromatic heterocycles. The molecule has 2 aliphatic carbocycles. The molecule has 0 radical (unpaired) electrons. The molecule has 9 heteroatoms. The summed E-state index contributed by atoms with van der Waals surface area (Å²) in [5.74, 6) is 0.591. The van der Waals surface area contributed by atoms with Gasteiger partial charge in [0.15, 0.2) is 5.79 Å². The lowest BCUT2D eigenvalue weighted by atomic mass is 9.99. The van der Waals surface area contributed by atoms with Crippen LogP contribution in [-0.2, 0) is 15.9 Å². The van der Waals surface area contributed by atoms with Crippen molar-refractivity contribution in [1.29, 1.82) is 0 Å². The van der Waals surface area contributed by atoms with E-state index in [9.17, 15) is 5.11 Å². The van der Waals surface area contributed by atoms with Gasteiger partial charge in [-0.05, 0) is 64.0 Å². The number of aromatic nitrogens is 3. The summed E-state index contributed by atoms with van der Waals surface area (Å²) in [6, 6.07) is 2.12. The molecule has 5 atom stereocenters. The van der Waals surface area contributed by atoms with E-state index in [4.69, 9.17) is 19.4 Å². The molecule has 6 rings (SSSR count). The van der Waals surface area contributed by atoms with Gasteiger partial charge in [-0.1, -0.05) is 6.92 Å². The predicted molar refractivity (Wildman–Crippen MR) is 140 cm³/mol. The zero-order chi connectivity index (χ0) is 24.7. The second-order valence-electron chi connectivity index (χ2n) is 10.4. The van der Waals surface area contributed by atoms with E-state index in [0.29, 0.717) is 0 Å². The highest BCUT2D eigenvalue weighted by molar-refractivity contribution is 7.98. The minimum atomic E-state index is -0.659. The van der Waals surface area contributed by atoms with Gasteiger partial charge >= 0.3 is 0 Å². The summed E-state index contributed by atoms with van der Waals surface area (Å²) in [5.41, 5.74) is 5.02. The monoisotopic (exact) mass is 512 g/mol. The van der Waals surface area contributed by atoms with Crippen LogP contribution in [0.25, 0.3) is 20.8 Å². The highest BCUT2D eigenvalue weighted by Crippen LogP contribution is 2.67. The number of ether oxygens (including phenoxy) is 2. The number of aliphatic hydroxyl groups is 1. The molecule has 3 fully saturated rings. The van der Waals surface area contributed by atoms with Crippen LogP contribution in [-0.4, -0.2) is 56.5 Å². The van der Waals surface area contributed by atoms with Crippen LogP contribution < -0.4 is 5.32 Å². The third-order valence-corrected chi connectivity index (χ3v) is 9.70. The van der Waals surface area contributed by atoms with Gasteiger partial charge in [0.05, 0.1) is 28.1 Å². The van der Waals surface area contributed by atoms with Crippen LogP contribution in [0.2, 0.25) is 0 Å². The fraction of sp³-hybridized carbons (Fsp3) is 0.577. The van der Waals surface area contributed by atoms with Crippen LogP contribution in [0.15, 0.2) is 17.3 Å². The Labute approximate surface area is 214 Å². The number of thioether (sulfide) groups is 1. The number of anilines is 1. The van der Waals surface area contributed by atoms with Crippen molar-refractivity contribution in [3.8, 4) is 10.6 Å². The Balaban J connectivity index is 1.45. The minimum Gasteiger partial charge on any atom is -0.396 e. The number of pyridine rings is 2. The first-order valence-corrected chi connectivity index (χ1v) is 14.3. The second-order valence-corrected chi connectivity index (χ2v) is 12.2. The molecule has 0 aromatic carbocycles. The molecular weight excluding hydrogens is 480 g/mol. The number of nitrogens with one attached hydrogen (secondary N) is 1. The van der Waals surface area contributed by atoms with Crippen LogP contribution in [0.4, 0.5) is 5.82 Å². The van der Waals surface area contributed by atoms with Crippen molar-refractivity contribution >= 4 is 39.1 Å². The average Bonchev–Trinajstić information content (AvgIpc) is 3.15. The zero-order valence-electron chi connectivity index (χ0n) is 21.0. The lowest BCUT2D eigenvalue weighted by molar-refractivity contribution is -0.160. The lowest BCUT2D eigenvalue weighted by Crippen LogP contribution is -2.36. The van der Waals surface area contributed by atoms with Gasteiger partial charge in [-0.3, -0.25) is 4.98 Å². The Morgan fingerprint density at radius 2 is 2.09 bits per heavy atom. The topological polar surface area (TPSA) is 89.4 Å². The zero-order valence-corrected chi connectivity index (χ0v) is 22.6. The molecule has 0 amide bonds. The van der Waals surface area contributed by atoms with Gasteiger partial charge in [0, 0.05) is 24.6 Å². The number of nitrogens with zero attached hydrogens (tertiary/aromatic N) is 3. The Bertz CT molecular complexity index is 1330. The summed E-state index contributed by atoms with van der Waals surface area (Å²) in [4.78, 5) is 14.6. The van der Waals surface area contributed by atoms with Gasteiger partial charge in [-0.15, -0.1) is 23.1 Å². The van der Waals surface area contributed by atoms with Gasteiger partial charge in [0.25, 0.3) is 0 Å². The van der Waals surface area contributed by atoms with E-state index in [-0.39, 0.29) is 30.6 Å². The molecular formula is C26H32N4O3S2. The number of fused-ring (bicyclic) bond motifs is 1. The first-order valence-electron chi connectivity index (χ1n) is 12.3. The Hall–Kier alpha value is -1.78. The normalized spacial score (nSPS) is 30.5. The maximum atomic E-state index is 9.96. The number of aliphatic hydroxyl groups excluding tert-OH is 1. The van der Waals surface area contributed by atoms with Crippen LogP contribution >= 0.6 is 23.1 Å². The van der Waals surface area contributed by atoms with Crippen LogP contribution in [0.5, 0.6) is 0 Å². The largest absolute Gasteiger partial charge is 0.396 e. The summed E-state index contributed by atoms with van der Waals surface area (Å²) in [6.07, 6.45) is 5.62. The van der Waals surface area contributed by atoms with E-state index in [1.165, 1.54) is 11.1 Å². The van der Waals surface area contributed by atoms with Crippen molar-refractivity contribution in [3.63, 3.8) is 0 Å². The fourth-order valence-corrected chi connectivity index (χ4v) is 8.25. The molecule has 7 nitrogen and oxygen atoms in total. The summed E-state index contributed by atoms with van der Waals surface area (Å²) < 4.78 is 14.0. The van der Waals surface area contributed by atoms with E-state index in [1.807, 2.05) is 33.0 Å². The first kappa shape index (κ1) is 23.6. The van der Waals surface area contributed by atoms with E-state index in [1.54, 1.807) is 23.1 Å². The smallest absolute Gasteiger partial charge is 0.164 e. The molecule has 3 aromatic rings. The predicted octanol–water partition coefficient (Wildman–Crippen LogP) is 4.97. The second kappa shape index (κ2) is 8.11. The van der Waals surface area contributed by atoms with Crippen molar-refractivity contribution in [2.24, 2.45) is 11.8 Å². The molecule has 2 saturated carbocycles. The molecule has 4 heterocycles. The number of hydrogen-bond donors (Lipinski definition) is 2. The number of aryl methyl sites for hydroxylation is 1. The fourth-order valence-electron chi connectivity index (χ4n) is 6.41. The lowest BCUT2D eigenvalue weighted by Gasteiger charge is -2.23. The average molecular weight is 513 g/mol. The van der Waals surface area contributed by atoms with Crippen molar-refractivity contribution in [2.45, 2.75) is 76.0 Å². The summed E-state index contributed by atoms with van der Waals surface area (Å²) in [5, 5.41) is 15.8. The first-order chi connectivity index (χ1) is 16.7. The molecule has 35 heavy (non-hydrogen) atoms. The van der Waals surface area contributed by atoms with Crippen molar-refractivity contribution in [1.82, 2.24) is 15.0 Å².